The number of aromatic nitrogens is 4. The van der Waals surface area contributed by atoms with Gasteiger partial charge in [-0.3, -0.25) is 14.2 Å². The molecule has 9 nitrogen and oxygen atoms in total. The van der Waals surface area contributed by atoms with Gasteiger partial charge in [-0.15, -0.1) is 0 Å². The molecule has 1 saturated heterocycles. The van der Waals surface area contributed by atoms with Crippen molar-refractivity contribution in [2.45, 2.75) is 44.6 Å². The van der Waals surface area contributed by atoms with E-state index in [1.165, 1.54) is 0 Å². The first-order chi connectivity index (χ1) is 18.4. The second-order valence-corrected chi connectivity index (χ2v) is 11.1. The number of benzene rings is 1. The predicted molar refractivity (Wildman–Crippen MR) is 146 cm³/mol. The number of carbonyl (C=O) groups excluding carboxylic acids is 2. The zero-order valence-corrected chi connectivity index (χ0v) is 22.6. The summed E-state index contributed by atoms with van der Waals surface area (Å²) in [7, 11) is 1.65. The summed E-state index contributed by atoms with van der Waals surface area (Å²) in [6.07, 6.45) is 6.75. The lowest BCUT2D eigenvalue weighted by atomic mass is 10.1. The molecule has 0 bridgehead atoms. The summed E-state index contributed by atoms with van der Waals surface area (Å²) < 4.78 is 1.99. The molecule has 0 spiro atoms. The van der Waals surface area contributed by atoms with Crippen molar-refractivity contribution in [2.24, 2.45) is 11.8 Å². The lowest BCUT2D eigenvalue weighted by molar-refractivity contribution is -0.133. The fourth-order valence-corrected chi connectivity index (χ4v) is 5.78. The van der Waals surface area contributed by atoms with Crippen molar-refractivity contribution >= 4 is 41.0 Å². The van der Waals surface area contributed by atoms with Gasteiger partial charge in [0, 0.05) is 68.3 Å². The fourth-order valence-electron chi connectivity index (χ4n) is 5.49. The Morgan fingerprint density at radius 2 is 1.87 bits per heavy atom. The molecule has 2 aliphatic carbocycles. The average Bonchev–Trinajstić information content (AvgIpc) is 3.60. The van der Waals surface area contributed by atoms with Gasteiger partial charge in [0.25, 0.3) is 0 Å². The van der Waals surface area contributed by atoms with Gasteiger partial charge in [0.05, 0.1) is 15.7 Å². The summed E-state index contributed by atoms with van der Waals surface area (Å²) in [6, 6.07) is 7.35. The highest BCUT2D eigenvalue weighted by Crippen LogP contribution is 2.36. The Morgan fingerprint density at radius 1 is 1.03 bits per heavy atom. The highest BCUT2D eigenvalue weighted by Gasteiger charge is 2.36. The van der Waals surface area contributed by atoms with Crippen LogP contribution in [0, 0.1) is 11.8 Å². The SMILES string of the molecule is CNC(=O)C1Cc2nc(-c3ccc(Cl)c(Cl)c3)n(-c3ccnc(N[C@@H]4CCCN(C(=O)C5CC5)C4)n3)c2C1. The molecule has 3 aromatic rings. The number of nitrogens with zero attached hydrogens (tertiary/aromatic N) is 5. The van der Waals surface area contributed by atoms with Crippen molar-refractivity contribution in [1.82, 2.24) is 29.7 Å². The molecule has 2 fully saturated rings. The minimum Gasteiger partial charge on any atom is -0.359 e. The second-order valence-electron chi connectivity index (χ2n) is 10.3. The molecule has 1 unspecified atom stereocenters. The maximum atomic E-state index is 12.6. The Hall–Kier alpha value is -3.17. The van der Waals surface area contributed by atoms with Crippen LogP contribution in [0.1, 0.15) is 37.1 Å². The number of anilines is 1. The van der Waals surface area contributed by atoms with Crippen LogP contribution in [-0.4, -0.2) is 62.4 Å². The quantitative estimate of drug-likeness (QED) is 0.479. The molecule has 38 heavy (non-hydrogen) atoms. The first-order valence-electron chi connectivity index (χ1n) is 13.1. The third kappa shape index (κ3) is 4.85. The largest absolute Gasteiger partial charge is 0.359 e. The zero-order chi connectivity index (χ0) is 26.4. The van der Waals surface area contributed by atoms with E-state index in [9.17, 15) is 9.59 Å². The molecular weight excluding hydrogens is 525 g/mol. The molecule has 2 aromatic heterocycles. The average molecular weight is 554 g/mol. The molecule has 198 valence electrons. The number of imidazole rings is 1. The molecule has 2 atom stereocenters. The molecule has 3 heterocycles. The van der Waals surface area contributed by atoms with Gasteiger partial charge >= 0.3 is 0 Å². The Morgan fingerprint density at radius 3 is 2.63 bits per heavy atom. The van der Waals surface area contributed by atoms with Crippen LogP contribution in [0.2, 0.25) is 10.0 Å². The summed E-state index contributed by atoms with van der Waals surface area (Å²) in [4.78, 5) is 41.3. The smallest absolute Gasteiger partial charge is 0.225 e. The summed E-state index contributed by atoms with van der Waals surface area (Å²) in [5.74, 6) is 2.15. The number of hydrogen-bond acceptors (Lipinski definition) is 6. The van der Waals surface area contributed by atoms with Gasteiger partial charge in [-0.05, 0) is 49.9 Å². The van der Waals surface area contributed by atoms with Gasteiger partial charge in [-0.25, -0.2) is 9.97 Å². The van der Waals surface area contributed by atoms with Gasteiger partial charge in [0.2, 0.25) is 17.8 Å². The van der Waals surface area contributed by atoms with Crippen LogP contribution in [0.5, 0.6) is 0 Å². The minimum absolute atomic E-state index is 0.00159. The van der Waals surface area contributed by atoms with E-state index < -0.39 is 0 Å². The topological polar surface area (TPSA) is 105 Å². The van der Waals surface area contributed by atoms with E-state index in [2.05, 4.69) is 15.6 Å². The number of halogens is 2. The number of fused-ring (bicyclic) bond motifs is 1. The van der Waals surface area contributed by atoms with E-state index in [1.54, 1.807) is 25.4 Å². The van der Waals surface area contributed by atoms with Crippen LogP contribution < -0.4 is 10.6 Å². The highest BCUT2D eigenvalue weighted by molar-refractivity contribution is 6.42. The minimum atomic E-state index is -0.178. The van der Waals surface area contributed by atoms with Crippen molar-refractivity contribution in [3.63, 3.8) is 0 Å². The van der Waals surface area contributed by atoms with Crippen LogP contribution in [0.3, 0.4) is 0 Å². The molecule has 1 aromatic carbocycles. The molecule has 2 N–H and O–H groups in total. The number of piperidine rings is 1. The van der Waals surface area contributed by atoms with E-state index in [0.717, 1.165) is 49.2 Å². The standard InChI is InChI=1S/C27H29Cl2N7O2/c1-30-25(37)17-12-21-22(13-17)36(24(33-21)16-6-7-19(28)20(29)11-16)23-8-9-31-27(34-23)32-18-3-2-10-35(14-18)26(38)15-4-5-15/h6-9,11,15,17-18H,2-5,10,12-14H2,1H3,(H,30,37)(H,31,32,34)/t17?,18-/m1/s1. The normalized spacial score (nSPS) is 20.8. The van der Waals surface area contributed by atoms with Crippen molar-refractivity contribution in [2.75, 3.05) is 25.5 Å². The fraction of sp³-hybridized carbons (Fsp3) is 0.444. The van der Waals surface area contributed by atoms with Gasteiger partial charge < -0.3 is 15.5 Å². The van der Waals surface area contributed by atoms with Crippen LogP contribution in [0.15, 0.2) is 30.5 Å². The number of rotatable bonds is 6. The van der Waals surface area contributed by atoms with E-state index in [-0.39, 0.29) is 29.7 Å². The first kappa shape index (κ1) is 25.1. The molecule has 1 saturated carbocycles. The molecular formula is C27H29Cl2N7O2. The van der Waals surface area contributed by atoms with E-state index in [0.29, 0.717) is 47.0 Å². The Labute approximate surface area is 231 Å². The molecule has 6 rings (SSSR count). The summed E-state index contributed by atoms with van der Waals surface area (Å²) in [6.45, 7) is 1.47. The second kappa shape index (κ2) is 10.2. The maximum absolute atomic E-state index is 12.6. The van der Waals surface area contributed by atoms with Crippen molar-refractivity contribution in [3.8, 4) is 17.2 Å². The van der Waals surface area contributed by atoms with Crippen LogP contribution in [0.4, 0.5) is 5.95 Å². The summed E-state index contributed by atoms with van der Waals surface area (Å²) in [5.41, 5.74) is 2.62. The molecule has 3 aliphatic rings. The van der Waals surface area contributed by atoms with Gasteiger partial charge in [-0.1, -0.05) is 23.2 Å². The molecule has 1 aliphatic heterocycles. The summed E-state index contributed by atoms with van der Waals surface area (Å²) in [5, 5.41) is 7.12. The highest BCUT2D eigenvalue weighted by atomic mass is 35.5. The predicted octanol–water partition coefficient (Wildman–Crippen LogP) is 3.91. The number of hydrogen-bond donors (Lipinski definition) is 2. The first-order valence-corrected chi connectivity index (χ1v) is 13.8. The Balaban J connectivity index is 1.32. The maximum Gasteiger partial charge on any atom is 0.225 e. The van der Waals surface area contributed by atoms with Gasteiger partial charge in [0.1, 0.15) is 11.6 Å². The van der Waals surface area contributed by atoms with E-state index in [4.69, 9.17) is 33.2 Å². The Kier molecular flexibility index (Phi) is 6.74. The van der Waals surface area contributed by atoms with E-state index in [1.807, 2.05) is 21.6 Å². The van der Waals surface area contributed by atoms with Crippen LogP contribution in [-0.2, 0) is 22.4 Å². The van der Waals surface area contributed by atoms with Crippen molar-refractivity contribution < 1.29 is 9.59 Å². The zero-order valence-electron chi connectivity index (χ0n) is 21.1. The van der Waals surface area contributed by atoms with Crippen LogP contribution in [0.25, 0.3) is 17.2 Å². The third-order valence-corrected chi connectivity index (χ3v) is 8.33. The summed E-state index contributed by atoms with van der Waals surface area (Å²) >= 11 is 12.5. The number of carbonyl (C=O) groups is 2. The molecule has 0 radical (unpaired) electrons. The molecule has 11 heteroatoms. The molecule has 2 amide bonds. The van der Waals surface area contributed by atoms with Crippen molar-refractivity contribution in [1.29, 1.82) is 0 Å². The number of amides is 2. The number of likely N-dealkylation sites (tertiary alicyclic amines) is 1. The monoisotopic (exact) mass is 553 g/mol. The number of nitrogens with one attached hydrogen (secondary N) is 2. The third-order valence-electron chi connectivity index (χ3n) is 7.59. The lowest BCUT2D eigenvalue weighted by Gasteiger charge is -2.33. The van der Waals surface area contributed by atoms with Crippen LogP contribution >= 0.6 is 23.2 Å². The van der Waals surface area contributed by atoms with Gasteiger partial charge in [0.15, 0.2) is 0 Å². The van der Waals surface area contributed by atoms with E-state index >= 15 is 0 Å². The van der Waals surface area contributed by atoms with Crippen molar-refractivity contribution in [3.05, 3.63) is 51.9 Å². The lowest BCUT2D eigenvalue weighted by Crippen LogP contribution is -2.45. The van der Waals surface area contributed by atoms with Gasteiger partial charge in [-0.2, -0.15) is 4.98 Å². The Bertz CT molecular complexity index is 1400.